The zero-order valence-corrected chi connectivity index (χ0v) is 9.89. The number of aromatic hydroxyl groups is 2. The molecular formula is C11H13NO7. The summed E-state index contributed by atoms with van der Waals surface area (Å²) in [4.78, 5) is 16.3. The fraction of sp³-hybridized carbons (Fsp3) is 0.545. The monoisotopic (exact) mass is 271 g/mol. The first kappa shape index (κ1) is 12.1. The zero-order chi connectivity index (χ0) is 13.4. The van der Waals surface area contributed by atoms with E-state index in [-0.39, 0.29) is 18.8 Å². The molecule has 0 bridgehead atoms. The fourth-order valence-electron chi connectivity index (χ4n) is 2.26. The summed E-state index contributed by atoms with van der Waals surface area (Å²) >= 11 is 0. The molecule has 3 atom stereocenters. The van der Waals surface area contributed by atoms with Gasteiger partial charge in [-0.15, -0.1) is 4.73 Å². The number of hydrogen-bond donors (Lipinski definition) is 2. The average molecular weight is 271 g/mol. The van der Waals surface area contributed by atoms with E-state index in [9.17, 15) is 15.0 Å². The van der Waals surface area contributed by atoms with Crippen molar-refractivity contribution in [3.8, 4) is 11.8 Å². The van der Waals surface area contributed by atoms with Gasteiger partial charge in [0.1, 0.15) is 6.10 Å². The first-order valence-electron chi connectivity index (χ1n) is 5.87. The molecule has 0 radical (unpaired) electrons. The number of nitrogens with zero attached hydrogens (tertiary/aromatic N) is 1. The van der Waals surface area contributed by atoms with E-state index in [1.54, 1.807) is 0 Å². The smallest absolute Gasteiger partial charge is 0.492 e. The Morgan fingerprint density at radius 1 is 1.32 bits per heavy atom. The van der Waals surface area contributed by atoms with Gasteiger partial charge in [0, 0.05) is 12.1 Å². The van der Waals surface area contributed by atoms with Crippen LogP contribution < -0.4 is 4.84 Å². The van der Waals surface area contributed by atoms with Gasteiger partial charge >= 0.3 is 6.16 Å². The van der Waals surface area contributed by atoms with Crippen LogP contribution in [0.4, 0.5) is 4.79 Å². The highest BCUT2D eigenvalue weighted by atomic mass is 16.8. The van der Waals surface area contributed by atoms with Gasteiger partial charge in [0.05, 0.1) is 19.1 Å². The highest BCUT2D eigenvalue weighted by Gasteiger charge is 2.44. The van der Waals surface area contributed by atoms with Crippen LogP contribution in [0.2, 0.25) is 0 Å². The maximum Gasteiger partial charge on any atom is 0.534 e. The lowest BCUT2D eigenvalue weighted by Gasteiger charge is -2.15. The molecule has 1 unspecified atom stereocenters. The quantitative estimate of drug-likeness (QED) is 0.742. The summed E-state index contributed by atoms with van der Waals surface area (Å²) in [5.41, 5.74) is 0. The van der Waals surface area contributed by atoms with E-state index < -0.39 is 24.0 Å². The van der Waals surface area contributed by atoms with E-state index >= 15 is 0 Å². The molecule has 2 N–H and O–H groups in total. The maximum atomic E-state index is 11.6. The molecule has 1 aromatic heterocycles. The molecule has 0 amide bonds. The summed E-state index contributed by atoms with van der Waals surface area (Å²) in [5, 5.41) is 18.6. The van der Waals surface area contributed by atoms with Crippen LogP contribution in [0.1, 0.15) is 6.42 Å². The van der Waals surface area contributed by atoms with E-state index in [4.69, 9.17) is 14.2 Å². The van der Waals surface area contributed by atoms with Crippen LogP contribution in [0.15, 0.2) is 12.1 Å². The molecule has 1 aromatic rings. The lowest BCUT2D eigenvalue weighted by atomic mass is 10.0. The second-order valence-corrected chi connectivity index (χ2v) is 4.37. The summed E-state index contributed by atoms with van der Waals surface area (Å²) in [6, 6.07) is 2.37. The standard InChI is InChI=1S/C11H13NO7/c13-8-1-2-9(14)12(8)19-11(15)18-7-5-17-10-6(7)3-4-16-10/h1-2,6-7,10,13-14H,3-5H2/t6?,7-,10+/m0/s1. The predicted octanol–water partition coefficient (Wildman–Crippen LogP) is 0.226. The van der Waals surface area contributed by atoms with Crippen molar-refractivity contribution in [2.24, 2.45) is 5.92 Å². The third kappa shape index (κ3) is 2.20. The Labute approximate surface area is 108 Å². The third-order valence-corrected chi connectivity index (χ3v) is 3.20. The SMILES string of the molecule is O=C(O[C@H]1CO[C@H]2OCCC21)On1c(O)ccc1O. The van der Waals surface area contributed by atoms with Gasteiger partial charge in [-0.3, -0.25) is 4.84 Å². The van der Waals surface area contributed by atoms with Crippen molar-refractivity contribution in [2.45, 2.75) is 18.8 Å². The largest absolute Gasteiger partial charge is 0.534 e. The molecule has 8 heteroatoms. The van der Waals surface area contributed by atoms with Crippen molar-refractivity contribution < 1.29 is 34.1 Å². The Bertz CT molecular complexity index is 466. The van der Waals surface area contributed by atoms with E-state index in [0.29, 0.717) is 11.3 Å². The minimum Gasteiger partial charge on any atom is -0.492 e. The Morgan fingerprint density at radius 3 is 2.79 bits per heavy atom. The number of rotatable bonds is 2. The lowest BCUT2D eigenvalue weighted by molar-refractivity contribution is -0.0908. The molecule has 2 saturated heterocycles. The third-order valence-electron chi connectivity index (χ3n) is 3.20. The predicted molar refractivity (Wildman–Crippen MR) is 58.4 cm³/mol. The van der Waals surface area contributed by atoms with Crippen LogP contribution in [0, 0.1) is 5.92 Å². The number of hydrogen-bond acceptors (Lipinski definition) is 7. The summed E-state index contributed by atoms with van der Waals surface area (Å²) < 4.78 is 16.3. The molecule has 19 heavy (non-hydrogen) atoms. The molecule has 3 heterocycles. The Balaban J connectivity index is 1.60. The summed E-state index contributed by atoms with van der Waals surface area (Å²) in [6.45, 7) is 0.817. The lowest BCUT2D eigenvalue weighted by Crippen LogP contribution is -2.30. The number of aromatic nitrogens is 1. The molecular weight excluding hydrogens is 258 g/mol. The van der Waals surface area contributed by atoms with E-state index in [1.807, 2.05) is 0 Å². The van der Waals surface area contributed by atoms with Crippen LogP contribution in [-0.4, -0.2) is 46.7 Å². The van der Waals surface area contributed by atoms with Gasteiger partial charge in [-0.1, -0.05) is 0 Å². The number of ether oxygens (including phenoxy) is 3. The Hall–Kier alpha value is -1.93. The van der Waals surface area contributed by atoms with Gasteiger partial charge in [-0.05, 0) is 6.42 Å². The normalized spacial score (nSPS) is 29.2. The molecule has 2 aliphatic rings. The van der Waals surface area contributed by atoms with Gasteiger partial charge < -0.3 is 24.4 Å². The highest BCUT2D eigenvalue weighted by molar-refractivity contribution is 5.61. The van der Waals surface area contributed by atoms with Crippen LogP contribution in [0.25, 0.3) is 0 Å². The molecule has 0 aromatic carbocycles. The highest BCUT2D eigenvalue weighted by Crippen LogP contribution is 2.33. The number of carbonyl (C=O) groups excluding carboxylic acids is 1. The minimum atomic E-state index is -1.03. The van der Waals surface area contributed by atoms with Crippen molar-refractivity contribution in [1.29, 1.82) is 0 Å². The van der Waals surface area contributed by atoms with Crippen molar-refractivity contribution in [1.82, 2.24) is 4.73 Å². The van der Waals surface area contributed by atoms with Gasteiger partial charge in [-0.25, -0.2) is 4.79 Å². The Morgan fingerprint density at radius 2 is 2.05 bits per heavy atom. The van der Waals surface area contributed by atoms with Gasteiger partial charge in [-0.2, -0.15) is 0 Å². The molecule has 8 nitrogen and oxygen atoms in total. The van der Waals surface area contributed by atoms with Crippen molar-refractivity contribution in [3.05, 3.63) is 12.1 Å². The topological polar surface area (TPSA) is 99.4 Å². The minimum absolute atomic E-state index is 0.000550. The van der Waals surface area contributed by atoms with Gasteiger partial charge in [0.2, 0.25) is 11.8 Å². The molecule has 2 fully saturated rings. The van der Waals surface area contributed by atoms with Crippen LogP contribution in [0.5, 0.6) is 11.8 Å². The van der Waals surface area contributed by atoms with Gasteiger partial charge in [0.15, 0.2) is 6.29 Å². The first-order valence-corrected chi connectivity index (χ1v) is 5.87. The van der Waals surface area contributed by atoms with E-state index in [0.717, 1.165) is 6.42 Å². The first-order chi connectivity index (χ1) is 9.15. The van der Waals surface area contributed by atoms with E-state index in [2.05, 4.69) is 4.84 Å². The van der Waals surface area contributed by atoms with Gasteiger partial charge in [0.25, 0.3) is 0 Å². The van der Waals surface area contributed by atoms with Crippen LogP contribution in [-0.2, 0) is 14.2 Å². The summed E-state index contributed by atoms with van der Waals surface area (Å²) in [7, 11) is 0. The fourth-order valence-corrected chi connectivity index (χ4v) is 2.26. The Kier molecular flexibility index (Phi) is 2.96. The second kappa shape index (κ2) is 4.63. The van der Waals surface area contributed by atoms with E-state index in [1.165, 1.54) is 12.1 Å². The summed E-state index contributed by atoms with van der Waals surface area (Å²) in [6.07, 6.45) is -1.04. The van der Waals surface area contributed by atoms with Crippen molar-refractivity contribution in [2.75, 3.05) is 13.2 Å². The number of fused-ring (bicyclic) bond motifs is 1. The zero-order valence-electron chi connectivity index (χ0n) is 9.89. The van der Waals surface area contributed by atoms with Crippen LogP contribution in [0.3, 0.4) is 0 Å². The van der Waals surface area contributed by atoms with Crippen molar-refractivity contribution >= 4 is 6.16 Å². The second-order valence-electron chi connectivity index (χ2n) is 4.37. The average Bonchev–Trinajstić information content (AvgIpc) is 3.03. The molecule has 104 valence electrons. The number of carbonyl (C=O) groups is 1. The molecule has 3 rings (SSSR count). The molecule has 0 saturated carbocycles. The summed E-state index contributed by atoms with van der Waals surface area (Å²) in [5.74, 6) is -0.808. The molecule has 2 aliphatic heterocycles. The molecule has 0 spiro atoms. The maximum absolute atomic E-state index is 11.6. The van der Waals surface area contributed by atoms with Crippen LogP contribution >= 0.6 is 0 Å². The van der Waals surface area contributed by atoms with Crippen molar-refractivity contribution in [3.63, 3.8) is 0 Å². The molecule has 0 aliphatic carbocycles.